The van der Waals surface area contributed by atoms with Gasteiger partial charge in [0.05, 0.1) is 12.1 Å². The Morgan fingerprint density at radius 2 is 2.06 bits per heavy atom. The summed E-state index contributed by atoms with van der Waals surface area (Å²) in [5.41, 5.74) is 10.6. The fourth-order valence-electron chi connectivity index (χ4n) is 5.45. The first-order valence-electron chi connectivity index (χ1n) is 12.2. The molecule has 2 N–H and O–H groups in total. The van der Waals surface area contributed by atoms with Crippen LogP contribution in [-0.2, 0) is 0 Å². The predicted molar refractivity (Wildman–Crippen MR) is 133 cm³/mol. The molecule has 0 spiro atoms. The van der Waals surface area contributed by atoms with Gasteiger partial charge in [0, 0.05) is 29.0 Å². The van der Waals surface area contributed by atoms with Gasteiger partial charge in [-0.15, -0.1) is 0 Å². The van der Waals surface area contributed by atoms with E-state index in [4.69, 9.17) is 15.7 Å². The van der Waals surface area contributed by atoms with Crippen molar-refractivity contribution in [2.45, 2.75) is 71.4 Å². The Hall–Kier alpha value is -2.56. The van der Waals surface area contributed by atoms with Crippen LogP contribution in [-0.4, -0.2) is 24.0 Å². The Balaban J connectivity index is 1.67. The number of allylic oxidation sites excluding steroid dienone is 2. The van der Waals surface area contributed by atoms with Crippen LogP contribution in [0.1, 0.15) is 64.9 Å². The molecule has 1 aromatic rings. The first-order chi connectivity index (χ1) is 15.7. The van der Waals surface area contributed by atoms with Gasteiger partial charge in [0.1, 0.15) is 11.6 Å². The van der Waals surface area contributed by atoms with Gasteiger partial charge in [0.25, 0.3) is 0 Å². The Kier molecular flexibility index (Phi) is 6.69. The monoisotopic (exact) mass is 451 g/mol. The van der Waals surface area contributed by atoms with E-state index in [1.807, 2.05) is 12.3 Å². The van der Waals surface area contributed by atoms with Gasteiger partial charge in [-0.05, 0) is 79.0 Å². The zero-order chi connectivity index (χ0) is 23.8. The lowest BCUT2D eigenvalue weighted by Gasteiger charge is -2.48. The summed E-state index contributed by atoms with van der Waals surface area (Å²) in [6.07, 6.45) is 12.3. The smallest absolute Gasteiger partial charge is 0.135 e. The molecule has 5 heteroatoms. The molecule has 176 valence electrons. The molecule has 4 rings (SSSR count). The molecule has 3 nitrogen and oxygen atoms in total. The van der Waals surface area contributed by atoms with Gasteiger partial charge in [-0.3, -0.25) is 9.98 Å². The zero-order valence-electron chi connectivity index (χ0n) is 20.0. The summed E-state index contributed by atoms with van der Waals surface area (Å²) in [6, 6.07) is 3.56. The third-order valence-electron chi connectivity index (χ3n) is 7.79. The van der Waals surface area contributed by atoms with E-state index in [-0.39, 0.29) is 23.6 Å². The number of aliphatic imine (C=N–C) groups is 2. The topological polar surface area (TPSA) is 50.7 Å². The SMILES string of the molecule is C=C1C(C2CC(C)(CC)C2)=CC(C(/C=C(\N)c2ccc(F)cc2F)CC)=NC1C1CCC=N1. The molecule has 2 aliphatic heterocycles. The summed E-state index contributed by atoms with van der Waals surface area (Å²) in [6.45, 7) is 11.2. The van der Waals surface area contributed by atoms with Crippen LogP contribution < -0.4 is 5.73 Å². The minimum Gasteiger partial charge on any atom is -0.398 e. The molecule has 33 heavy (non-hydrogen) atoms. The maximum Gasteiger partial charge on any atom is 0.135 e. The average molecular weight is 452 g/mol. The van der Waals surface area contributed by atoms with Gasteiger partial charge in [-0.25, -0.2) is 8.78 Å². The quantitative estimate of drug-likeness (QED) is 0.495. The maximum absolute atomic E-state index is 14.3. The van der Waals surface area contributed by atoms with Crippen LogP contribution in [0.15, 0.2) is 58.1 Å². The minimum atomic E-state index is -0.653. The third-order valence-corrected chi connectivity index (χ3v) is 7.79. The highest BCUT2D eigenvalue weighted by molar-refractivity contribution is 6.01. The molecule has 1 aliphatic carbocycles. The first-order valence-corrected chi connectivity index (χ1v) is 12.2. The molecule has 3 atom stereocenters. The van der Waals surface area contributed by atoms with Crippen LogP contribution in [0.5, 0.6) is 0 Å². The van der Waals surface area contributed by atoms with Crippen molar-refractivity contribution in [2.24, 2.45) is 33.0 Å². The predicted octanol–water partition coefficient (Wildman–Crippen LogP) is 6.66. The van der Waals surface area contributed by atoms with Crippen molar-refractivity contribution in [2.75, 3.05) is 0 Å². The molecule has 0 amide bonds. The molecular formula is C28H35F2N3. The maximum atomic E-state index is 14.3. The first kappa shape index (κ1) is 23.6. The summed E-state index contributed by atoms with van der Waals surface area (Å²) in [5.74, 6) is -0.837. The molecule has 1 aromatic carbocycles. The van der Waals surface area contributed by atoms with E-state index in [9.17, 15) is 8.78 Å². The second kappa shape index (κ2) is 9.36. The molecule has 3 unspecified atom stereocenters. The van der Waals surface area contributed by atoms with E-state index in [1.165, 1.54) is 24.1 Å². The second-order valence-corrected chi connectivity index (χ2v) is 10.1. The van der Waals surface area contributed by atoms with Crippen molar-refractivity contribution in [1.82, 2.24) is 0 Å². The molecule has 0 aromatic heterocycles. The van der Waals surface area contributed by atoms with Crippen LogP contribution in [0.25, 0.3) is 5.70 Å². The van der Waals surface area contributed by atoms with Crippen LogP contribution >= 0.6 is 0 Å². The van der Waals surface area contributed by atoms with E-state index in [2.05, 4.69) is 33.4 Å². The van der Waals surface area contributed by atoms with Crippen LogP contribution in [0, 0.1) is 28.9 Å². The largest absolute Gasteiger partial charge is 0.398 e. The van der Waals surface area contributed by atoms with Gasteiger partial charge in [-0.1, -0.05) is 39.8 Å². The third kappa shape index (κ3) is 4.73. The lowest BCUT2D eigenvalue weighted by molar-refractivity contribution is 0.0950. The van der Waals surface area contributed by atoms with Crippen molar-refractivity contribution in [3.05, 3.63) is 65.3 Å². The number of dihydropyridines is 1. The summed E-state index contributed by atoms with van der Waals surface area (Å²) >= 11 is 0. The molecule has 0 bridgehead atoms. The standard InChI is InChI=1S/C28H35F2N3/c1-5-18(12-24(31)21-10-9-20(29)13-23(21)30)26-14-22(19-15-28(4,6-2)16-19)17(3)27(33-26)25-8-7-11-32-25/h9-14,18-19,25,27H,3,5-8,15-16,31H2,1-2,4H3/b24-12-. The minimum absolute atomic E-state index is 0.0570. The molecular weight excluding hydrogens is 416 g/mol. The Morgan fingerprint density at radius 1 is 1.30 bits per heavy atom. The van der Waals surface area contributed by atoms with E-state index in [0.29, 0.717) is 17.0 Å². The highest BCUT2D eigenvalue weighted by atomic mass is 19.1. The lowest BCUT2D eigenvalue weighted by atomic mass is 9.58. The van der Waals surface area contributed by atoms with E-state index in [0.717, 1.165) is 49.5 Å². The molecule has 2 heterocycles. The molecule has 1 fully saturated rings. The summed E-state index contributed by atoms with van der Waals surface area (Å²) in [4.78, 5) is 9.81. The van der Waals surface area contributed by atoms with Crippen LogP contribution in [0.2, 0.25) is 0 Å². The normalized spacial score (nSPS) is 30.6. The lowest BCUT2D eigenvalue weighted by Crippen LogP contribution is -2.39. The van der Waals surface area contributed by atoms with Gasteiger partial charge < -0.3 is 5.73 Å². The van der Waals surface area contributed by atoms with Crippen molar-refractivity contribution in [1.29, 1.82) is 0 Å². The number of nitrogens with zero attached hydrogens (tertiary/aromatic N) is 2. The molecule has 0 saturated heterocycles. The average Bonchev–Trinajstić information content (AvgIpc) is 3.30. The number of rotatable bonds is 7. The highest BCUT2D eigenvalue weighted by Crippen LogP contribution is 2.53. The van der Waals surface area contributed by atoms with Gasteiger partial charge in [0.2, 0.25) is 0 Å². The Morgan fingerprint density at radius 3 is 2.67 bits per heavy atom. The Labute approximate surface area is 196 Å². The van der Waals surface area contributed by atoms with E-state index in [1.54, 1.807) is 0 Å². The van der Waals surface area contributed by atoms with Crippen molar-refractivity contribution in [3.63, 3.8) is 0 Å². The van der Waals surface area contributed by atoms with Crippen molar-refractivity contribution >= 4 is 17.6 Å². The molecule has 1 saturated carbocycles. The summed E-state index contributed by atoms with van der Waals surface area (Å²) in [7, 11) is 0. The summed E-state index contributed by atoms with van der Waals surface area (Å²) in [5, 5.41) is 0. The van der Waals surface area contributed by atoms with Gasteiger partial charge >= 0.3 is 0 Å². The summed E-state index contributed by atoms with van der Waals surface area (Å²) < 4.78 is 27.7. The van der Waals surface area contributed by atoms with Crippen LogP contribution in [0.3, 0.4) is 0 Å². The number of halogens is 2. The number of benzene rings is 1. The number of nitrogens with two attached hydrogens (primary N) is 1. The van der Waals surface area contributed by atoms with Gasteiger partial charge in [0.15, 0.2) is 0 Å². The van der Waals surface area contributed by atoms with E-state index < -0.39 is 11.6 Å². The molecule has 3 aliphatic rings. The van der Waals surface area contributed by atoms with Crippen molar-refractivity contribution in [3.8, 4) is 0 Å². The number of hydrogen-bond donors (Lipinski definition) is 1. The van der Waals surface area contributed by atoms with Crippen LogP contribution in [0.4, 0.5) is 8.78 Å². The second-order valence-electron chi connectivity index (χ2n) is 10.1. The highest BCUT2D eigenvalue weighted by Gasteiger charge is 2.43. The molecule has 0 radical (unpaired) electrons. The Bertz CT molecular complexity index is 1040. The zero-order valence-corrected chi connectivity index (χ0v) is 20.0. The fraction of sp³-hybridized carbons (Fsp3) is 0.500. The van der Waals surface area contributed by atoms with Crippen molar-refractivity contribution < 1.29 is 8.78 Å². The number of hydrogen-bond acceptors (Lipinski definition) is 3. The van der Waals surface area contributed by atoms with E-state index >= 15 is 0 Å². The van der Waals surface area contributed by atoms with Gasteiger partial charge in [-0.2, -0.15) is 0 Å². The fourth-order valence-corrected chi connectivity index (χ4v) is 5.45.